The van der Waals surface area contributed by atoms with Gasteiger partial charge in [-0.25, -0.2) is 0 Å². The molecular formula is C15H22Cl2N2. The third kappa shape index (κ3) is 6.44. The molecule has 3 N–H and O–H groups in total. The van der Waals surface area contributed by atoms with Crippen molar-refractivity contribution in [1.29, 1.82) is 0 Å². The van der Waals surface area contributed by atoms with Crippen LogP contribution in [-0.2, 0) is 6.42 Å². The first-order chi connectivity index (χ1) is 9.17. The third-order valence-electron chi connectivity index (χ3n) is 3.18. The fraction of sp³-hybridized carbons (Fsp3) is 0.467. The number of unbranched alkanes of at least 4 members (excludes halogenated alkanes) is 3. The predicted molar refractivity (Wildman–Crippen MR) is 84.6 cm³/mol. The Balaban J connectivity index is 2.40. The molecule has 0 bridgehead atoms. The van der Waals surface area contributed by atoms with Gasteiger partial charge in [0.1, 0.15) is 0 Å². The van der Waals surface area contributed by atoms with E-state index in [1.165, 1.54) is 12.8 Å². The average molecular weight is 301 g/mol. The van der Waals surface area contributed by atoms with Crippen molar-refractivity contribution >= 4 is 23.2 Å². The van der Waals surface area contributed by atoms with E-state index in [0.717, 1.165) is 31.2 Å². The van der Waals surface area contributed by atoms with Crippen LogP contribution in [0.4, 0.5) is 0 Å². The molecule has 4 heteroatoms. The molecule has 0 aliphatic rings. The van der Waals surface area contributed by atoms with Crippen molar-refractivity contribution in [2.45, 2.75) is 44.6 Å². The van der Waals surface area contributed by atoms with Crippen LogP contribution in [0.3, 0.4) is 0 Å². The van der Waals surface area contributed by atoms with Gasteiger partial charge < -0.3 is 0 Å². The maximum absolute atomic E-state index is 6.17. The highest BCUT2D eigenvalue weighted by Gasteiger charge is 2.10. The van der Waals surface area contributed by atoms with E-state index >= 15 is 0 Å². The summed E-state index contributed by atoms with van der Waals surface area (Å²) in [6.45, 7) is 3.72. The van der Waals surface area contributed by atoms with Crippen molar-refractivity contribution in [3.8, 4) is 0 Å². The van der Waals surface area contributed by atoms with Gasteiger partial charge in [0.2, 0.25) is 0 Å². The van der Waals surface area contributed by atoms with Gasteiger partial charge in [-0.05, 0) is 43.4 Å². The minimum Gasteiger partial charge on any atom is -0.271 e. The number of hydrogen-bond acceptors (Lipinski definition) is 2. The van der Waals surface area contributed by atoms with Crippen LogP contribution in [0.5, 0.6) is 0 Å². The van der Waals surface area contributed by atoms with E-state index in [9.17, 15) is 0 Å². The van der Waals surface area contributed by atoms with Crippen molar-refractivity contribution < 1.29 is 0 Å². The van der Waals surface area contributed by atoms with Gasteiger partial charge in [0, 0.05) is 16.1 Å². The summed E-state index contributed by atoms with van der Waals surface area (Å²) >= 11 is 12.1. The SMILES string of the molecule is C=CCCCCCC(Cc1ccc(Cl)cc1Cl)NN. The Morgan fingerprint density at radius 1 is 1.26 bits per heavy atom. The van der Waals surface area contributed by atoms with E-state index in [2.05, 4.69) is 12.0 Å². The zero-order valence-electron chi connectivity index (χ0n) is 11.2. The zero-order valence-corrected chi connectivity index (χ0v) is 12.7. The van der Waals surface area contributed by atoms with Gasteiger partial charge in [0.05, 0.1) is 0 Å². The van der Waals surface area contributed by atoms with Gasteiger partial charge >= 0.3 is 0 Å². The van der Waals surface area contributed by atoms with E-state index in [-0.39, 0.29) is 6.04 Å². The maximum atomic E-state index is 6.17. The first-order valence-electron chi connectivity index (χ1n) is 6.68. The van der Waals surface area contributed by atoms with Gasteiger partial charge in [-0.3, -0.25) is 11.3 Å². The van der Waals surface area contributed by atoms with Crippen LogP contribution in [0.15, 0.2) is 30.9 Å². The molecule has 2 nitrogen and oxygen atoms in total. The number of allylic oxidation sites excluding steroid dienone is 1. The highest BCUT2D eigenvalue weighted by atomic mass is 35.5. The largest absolute Gasteiger partial charge is 0.271 e. The summed E-state index contributed by atoms with van der Waals surface area (Å²) in [7, 11) is 0. The molecule has 106 valence electrons. The fourth-order valence-electron chi connectivity index (χ4n) is 2.05. The number of nitrogens with one attached hydrogen (secondary N) is 1. The van der Waals surface area contributed by atoms with Crippen LogP contribution in [0.25, 0.3) is 0 Å². The Hall–Kier alpha value is -0.540. The second-order valence-electron chi connectivity index (χ2n) is 4.73. The lowest BCUT2D eigenvalue weighted by Crippen LogP contribution is -2.36. The lowest BCUT2D eigenvalue weighted by Gasteiger charge is -2.16. The molecule has 0 fully saturated rings. The summed E-state index contributed by atoms with van der Waals surface area (Å²) < 4.78 is 0. The molecule has 1 unspecified atom stereocenters. The second-order valence-corrected chi connectivity index (χ2v) is 5.57. The average Bonchev–Trinajstić information content (AvgIpc) is 2.39. The first-order valence-corrected chi connectivity index (χ1v) is 7.44. The summed E-state index contributed by atoms with van der Waals surface area (Å²) in [5.41, 5.74) is 3.95. The van der Waals surface area contributed by atoms with Crippen LogP contribution in [-0.4, -0.2) is 6.04 Å². The number of benzene rings is 1. The van der Waals surface area contributed by atoms with Gasteiger partial charge in [-0.2, -0.15) is 0 Å². The summed E-state index contributed by atoms with van der Waals surface area (Å²) in [5.74, 6) is 5.61. The molecule has 1 atom stereocenters. The van der Waals surface area contributed by atoms with E-state index in [1.54, 1.807) is 6.07 Å². The predicted octanol–water partition coefficient (Wildman–Crippen LogP) is 4.50. The molecule has 0 heterocycles. The number of hydrazine groups is 1. The van der Waals surface area contributed by atoms with Crippen molar-refractivity contribution in [3.05, 3.63) is 46.5 Å². The minimum atomic E-state index is 0.252. The summed E-state index contributed by atoms with van der Waals surface area (Å²) in [6, 6.07) is 5.85. The molecule has 0 aliphatic carbocycles. The molecule has 0 aromatic heterocycles. The van der Waals surface area contributed by atoms with Crippen molar-refractivity contribution in [2.75, 3.05) is 0 Å². The third-order valence-corrected chi connectivity index (χ3v) is 3.76. The standard InChI is InChI=1S/C15H22Cl2N2/c1-2-3-4-5-6-7-14(19-18)10-12-8-9-13(16)11-15(12)17/h2,8-9,11,14,19H,1,3-7,10,18H2. The first kappa shape index (κ1) is 16.5. The molecule has 19 heavy (non-hydrogen) atoms. The topological polar surface area (TPSA) is 38.0 Å². The quantitative estimate of drug-likeness (QED) is 0.305. The van der Waals surface area contributed by atoms with Crippen LogP contribution >= 0.6 is 23.2 Å². The molecule has 0 saturated carbocycles. The van der Waals surface area contributed by atoms with E-state index in [4.69, 9.17) is 29.0 Å². The second kappa shape index (κ2) is 9.38. The molecule has 0 aliphatic heterocycles. The zero-order chi connectivity index (χ0) is 14.1. The van der Waals surface area contributed by atoms with Gasteiger partial charge in [0.15, 0.2) is 0 Å². The Morgan fingerprint density at radius 3 is 2.68 bits per heavy atom. The molecule has 1 rings (SSSR count). The lowest BCUT2D eigenvalue weighted by atomic mass is 10.0. The maximum Gasteiger partial charge on any atom is 0.0453 e. The monoisotopic (exact) mass is 300 g/mol. The molecule has 1 aromatic rings. The van der Waals surface area contributed by atoms with Crippen molar-refractivity contribution in [3.63, 3.8) is 0 Å². The van der Waals surface area contributed by atoms with E-state index < -0.39 is 0 Å². The van der Waals surface area contributed by atoms with Crippen molar-refractivity contribution in [1.82, 2.24) is 5.43 Å². The van der Waals surface area contributed by atoms with E-state index in [1.807, 2.05) is 18.2 Å². The number of rotatable bonds is 9. The number of nitrogens with two attached hydrogens (primary N) is 1. The lowest BCUT2D eigenvalue weighted by molar-refractivity contribution is 0.464. The fourth-order valence-corrected chi connectivity index (χ4v) is 2.54. The van der Waals surface area contributed by atoms with Crippen LogP contribution in [0.2, 0.25) is 10.0 Å². The summed E-state index contributed by atoms with van der Waals surface area (Å²) in [5, 5.41) is 1.37. The Kier molecular flexibility index (Phi) is 8.15. The highest BCUT2D eigenvalue weighted by Crippen LogP contribution is 2.23. The minimum absolute atomic E-state index is 0.252. The number of hydrogen-bond donors (Lipinski definition) is 2. The van der Waals surface area contributed by atoms with Crippen molar-refractivity contribution in [2.24, 2.45) is 5.84 Å². The smallest absolute Gasteiger partial charge is 0.0453 e. The summed E-state index contributed by atoms with van der Waals surface area (Å²) in [6.07, 6.45) is 8.49. The normalized spacial score (nSPS) is 12.4. The van der Waals surface area contributed by atoms with Crippen LogP contribution < -0.4 is 11.3 Å². The van der Waals surface area contributed by atoms with Gasteiger partial charge in [0.25, 0.3) is 0 Å². The van der Waals surface area contributed by atoms with E-state index in [0.29, 0.717) is 10.0 Å². The van der Waals surface area contributed by atoms with Gasteiger partial charge in [-0.1, -0.05) is 48.2 Å². The van der Waals surface area contributed by atoms with Gasteiger partial charge in [-0.15, -0.1) is 6.58 Å². The highest BCUT2D eigenvalue weighted by molar-refractivity contribution is 6.35. The van der Waals surface area contributed by atoms with Crippen LogP contribution in [0.1, 0.15) is 37.7 Å². The molecule has 0 spiro atoms. The summed E-state index contributed by atoms with van der Waals surface area (Å²) in [4.78, 5) is 0. The molecular weight excluding hydrogens is 279 g/mol. The number of halogens is 2. The molecule has 0 amide bonds. The molecule has 0 saturated heterocycles. The molecule has 1 aromatic carbocycles. The Bertz CT molecular complexity index is 394. The molecule has 0 radical (unpaired) electrons. The van der Waals surface area contributed by atoms with Crippen LogP contribution in [0, 0.1) is 0 Å². The Labute approximate surface area is 125 Å². The Morgan fingerprint density at radius 2 is 2.05 bits per heavy atom.